The number of fused-ring (bicyclic) bond motifs is 2. The Kier molecular flexibility index (Phi) is 7.51. The molecule has 0 aliphatic carbocycles. The zero-order chi connectivity index (χ0) is 29.0. The fourth-order valence-electron chi connectivity index (χ4n) is 4.90. The van der Waals surface area contributed by atoms with Crippen molar-refractivity contribution in [1.29, 1.82) is 0 Å². The highest BCUT2D eigenvalue weighted by molar-refractivity contribution is 5.96. The molecule has 9 unspecified atom stereocenters. The summed E-state index contributed by atoms with van der Waals surface area (Å²) in [6, 6.07) is 3.30. The van der Waals surface area contributed by atoms with Gasteiger partial charge in [-0.2, -0.15) is 0 Å². The third kappa shape index (κ3) is 4.60. The molecule has 2 aromatic carbocycles. The van der Waals surface area contributed by atoms with Gasteiger partial charge in [-0.1, -0.05) is 0 Å². The average molecular weight is 568 g/mol. The third-order valence-electron chi connectivity index (χ3n) is 7.13. The molecule has 0 amide bonds. The molecule has 2 aliphatic rings. The van der Waals surface area contributed by atoms with Crippen molar-refractivity contribution in [3.8, 4) is 23.0 Å². The number of hydrogen-bond donors (Lipinski definition) is 9. The lowest BCUT2D eigenvalue weighted by Gasteiger charge is -2.42. The first-order valence-electron chi connectivity index (χ1n) is 12.1. The first-order chi connectivity index (χ1) is 18.9. The molecule has 218 valence electrons. The van der Waals surface area contributed by atoms with Gasteiger partial charge in [-0.15, -0.1) is 0 Å². The first kappa shape index (κ1) is 28.3. The molecule has 2 fully saturated rings. The highest BCUT2D eigenvalue weighted by atomic mass is 16.7. The number of aromatic hydroxyl groups is 3. The minimum atomic E-state index is -1.90. The van der Waals surface area contributed by atoms with Gasteiger partial charge in [0.05, 0.1) is 31.3 Å². The molecule has 3 aromatic rings. The minimum absolute atomic E-state index is 0.0438. The second-order valence-electron chi connectivity index (χ2n) is 9.63. The van der Waals surface area contributed by atoms with Gasteiger partial charge in [-0.05, 0) is 6.07 Å². The second kappa shape index (κ2) is 10.6. The van der Waals surface area contributed by atoms with Gasteiger partial charge in [0.1, 0.15) is 76.9 Å². The van der Waals surface area contributed by atoms with Crippen LogP contribution in [0.3, 0.4) is 0 Å². The fraction of sp³-hybridized carbons (Fsp3) is 0.480. The summed E-state index contributed by atoms with van der Waals surface area (Å²) in [4.78, 5) is 13.3. The maximum absolute atomic E-state index is 13.3. The molecule has 0 saturated carbocycles. The molecule has 5 rings (SSSR count). The molecule has 9 atom stereocenters. The smallest absolute Gasteiger partial charge is 0.204 e. The third-order valence-corrected chi connectivity index (χ3v) is 7.13. The van der Waals surface area contributed by atoms with E-state index in [0.717, 1.165) is 12.1 Å². The van der Waals surface area contributed by atoms with E-state index in [1.807, 2.05) is 0 Å². The van der Waals surface area contributed by atoms with E-state index >= 15 is 0 Å². The Balaban J connectivity index is 1.50. The molecule has 15 nitrogen and oxygen atoms in total. The van der Waals surface area contributed by atoms with Crippen LogP contribution in [0.15, 0.2) is 27.4 Å². The largest absolute Gasteiger partial charge is 0.507 e. The van der Waals surface area contributed by atoms with Gasteiger partial charge in [0.2, 0.25) is 5.43 Å². The number of rotatable bonds is 5. The van der Waals surface area contributed by atoms with Crippen molar-refractivity contribution in [3.05, 3.63) is 34.0 Å². The summed E-state index contributed by atoms with van der Waals surface area (Å²) in [6.45, 7) is -0.931. The minimum Gasteiger partial charge on any atom is -0.507 e. The van der Waals surface area contributed by atoms with Crippen molar-refractivity contribution in [3.63, 3.8) is 0 Å². The molecule has 1 aromatic heterocycles. The van der Waals surface area contributed by atoms with Crippen LogP contribution < -0.4 is 10.2 Å². The summed E-state index contributed by atoms with van der Waals surface area (Å²) < 4.78 is 26.8. The van der Waals surface area contributed by atoms with Gasteiger partial charge in [0, 0.05) is 12.1 Å². The van der Waals surface area contributed by atoms with E-state index in [4.69, 9.17) is 23.4 Å². The molecule has 2 aliphatic heterocycles. The van der Waals surface area contributed by atoms with Crippen LogP contribution in [0, 0.1) is 0 Å². The predicted octanol–water partition coefficient (Wildman–Crippen LogP) is -1.95. The van der Waals surface area contributed by atoms with Gasteiger partial charge < -0.3 is 69.3 Å². The van der Waals surface area contributed by atoms with Crippen molar-refractivity contribution in [2.24, 2.45) is 0 Å². The Morgan fingerprint density at radius 3 is 2.27 bits per heavy atom. The number of phenolic OH excluding ortho intramolecular Hbond substituents is 3. The molecular formula is C25H28O15. The van der Waals surface area contributed by atoms with Crippen molar-refractivity contribution >= 4 is 21.9 Å². The van der Waals surface area contributed by atoms with E-state index in [9.17, 15) is 50.8 Å². The van der Waals surface area contributed by atoms with Crippen molar-refractivity contribution < 1.29 is 69.3 Å². The van der Waals surface area contributed by atoms with E-state index in [2.05, 4.69) is 0 Å². The Hall–Kier alpha value is -3.25. The molecule has 15 heteroatoms. The highest BCUT2D eigenvalue weighted by Gasteiger charge is 2.47. The zero-order valence-corrected chi connectivity index (χ0v) is 20.8. The summed E-state index contributed by atoms with van der Waals surface area (Å²) in [5.41, 5.74) is -1.61. The van der Waals surface area contributed by atoms with Crippen LogP contribution in [-0.2, 0) is 14.2 Å². The Morgan fingerprint density at radius 2 is 1.57 bits per heavy atom. The van der Waals surface area contributed by atoms with Gasteiger partial charge in [0.15, 0.2) is 17.8 Å². The molecule has 2 saturated heterocycles. The molecule has 0 spiro atoms. The van der Waals surface area contributed by atoms with Crippen molar-refractivity contribution in [2.75, 3.05) is 20.3 Å². The number of ether oxygens (including phenoxy) is 4. The highest BCUT2D eigenvalue weighted by Crippen LogP contribution is 2.45. The number of aliphatic hydroxyl groups is 6. The van der Waals surface area contributed by atoms with E-state index in [-0.39, 0.29) is 34.7 Å². The van der Waals surface area contributed by atoms with E-state index < -0.39 is 89.6 Å². The SMILES string of the molecule is COc1cc2c(=O)c3c(O)c(C4OC(COC5OCC(O)C(O)C5O)C(O)C(O)C4O)c(O)cc3oc2cc1O. The lowest BCUT2D eigenvalue weighted by atomic mass is 9.89. The summed E-state index contributed by atoms with van der Waals surface area (Å²) in [7, 11) is 1.27. The summed E-state index contributed by atoms with van der Waals surface area (Å²) >= 11 is 0. The number of aliphatic hydroxyl groups excluding tert-OH is 6. The Labute approximate surface area is 224 Å². The molecule has 0 bridgehead atoms. The number of phenols is 3. The first-order valence-corrected chi connectivity index (χ1v) is 12.1. The van der Waals surface area contributed by atoms with E-state index in [1.54, 1.807) is 0 Å². The van der Waals surface area contributed by atoms with Crippen LogP contribution in [0.5, 0.6) is 23.0 Å². The predicted molar refractivity (Wildman–Crippen MR) is 131 cm³/mol. The number of methoxy groups -OCH3 is 1. The molecule has 9 N–H and O–H groups in total. The van der Waals surface area contributed by atoms with Crippen LogP contribution >= 0.6 is 0 Å². The molecule has 3 heterocycles. The Bertz CT molecular complexity index is 1470. The van der Waals surface area contributed by atoms with Gasteiger partial charge in [-0.25, -0.2) is 0 Å². The number of hydrogen-bond acceptors (Lipinski definition) is 15. The van der Waals surface area contributed by atoms with Crippen LogP contribution in [0.2, 0.25) is 0 Å². The molecular weight excluding hydrogens is 540 g/mol. The van der Waals surface area contributed by atoms with Crippen LogP contribution in [0.25, 0.3) is 21.9 Å². The number of benzene rings is 2. The van der Waals surface area contributed by atoms with Crippen LogP contribution in [0.1, 0.15) is 11.7 Å². The van der Waals surface area contributed by atoms with Crippen molar-refractivity contribution in [1.82, 2.24) is 0 Å². The van der Waals surface area contributed by atoms with E-state index in [0.29, 0.717) is 0 Å². The summed E-state index contributed by atoms with van der Waals surface area (Å²) in [5, 5.41) is 92.6. The lowest BCUT2D eigenvalue weighted by molar-refractivity contribution is -0.292. The Morgan fingerprint density at radius 1 is 0.875 bits per heavy atom. The van der Waals surface area contributed by atoms with Crippen LogP contribution in [-0.4, -0.2) is 115 Å². The summed E-state index contributed by atoms with van der Waals surface area (Å²) in [5.74, 6) is -1.90. The van der Waals surface area contributed by atoms with Crippen molar-refractivity contribution in [2.45, 2.75) is 55.1 Å². The topological polar surface area (TPSA) is 249 Å². The van der Waals surface area contributed by atoms with Gasteiger partial charge in [0.25, 0.3) is 0 Å². The monoisotopic (exact) mass is 568 g/mol. The quantitative estimate of drug-likeness (QED) is 0.152. The maximum Gasteiger partial charge on any atom is 0.204 e. The lowest BCUT2D eigenvalue weighted by Crippen LogP contribution is -2.57. The van der Waals surface area contributed by atoms with E-state index in [1.165, 1.54) is 13.2 Å². The zero-order valence-electron chi connectivity index (χ0n) is 20.8. The van der Waals surface area contributed by atoms with Gasteiger partial charge in [-0.3, -0.25) is 4.79 Å². The maximum atomic E-state index is 13.3. The second-order valence-corrected chi connectivity index (χ2v) is 9.63. The molecule has 40 heavy (non-hydrogen) atoms. The van der Waals surface area contributed by atoms with Crippen LogP contribution in [0.4, 0.5) is 0 Å². The molecule has 0 radical (unpaired) electrons. The average Bonchev–Trinajstić information content (AvgIpc) is 2.91. The normalized spacial score (nSPS) is 32.9. The summed E-state index contributed by atoms with van der Waals surface area (Å²) in [6.07, 6.45) is -14.7. The van der Waals surface area contributed by atoms with Gasteiger partial charge >= 0.3 is 0 Å². The standard InChI is InChI=1S/C25H28O15/c1-36-12-2-7-11(3-8(12)26)39-13-4-9(27)15(20(32)16(13)17(7)29)24-22(34)21(33)19(31)14(40-24)6-38-25-23(35)18(30)10(28)5-37-25/h2-4,10,14,18-19,21-28,30-35H,5-6H2,1H3. The fourth-order valence-corrected chi connectivity index (χ4v) is 4.90.